The minimum absolute atomic E-state index is 0.196. The van der Waals surface area contributed by atoms with Crippen LogP contribution in [0.2, 0.25) is 0 Å². The van der Waals surface area contributed by atoms with E-state index in [1.54, 1.807) is 0 Å². The maximum Gasteiger partial charge on any atom is 0.411 e. The molecule has 2 N–H and O–H groups in total. The number of ether oxygens (including phenoxy) is 1. The molecule has 0 aliphatic carbocycles. The van der Waals surface area contributed by atoms with Gasteiger partial charge in [-0.1, -0.05) is 30.3 Å². The Morgan fingerprint density at radius 3 is 2.62 bits per heavy atom. The number of hydrogen-bond acceptors (Lipinski definition) is 3. The number of rotatable bonds is 3. The summed E-state index contributed by atoms with van der Waals surface area (Å²) in [4.78, 5) is 11.6. The van der Waals surface area contributed by atoms with E-state index < -0.39 is 12.0 Å². The highest BCUT2D eigenvalue weighted by Gasteiger charge is 2.47. The molecule has 1 atom stereocenters. The lowest BCUT2D eigenvalue weighted by Gasteiger charge is -2.45. The van der Waals surface area contributed by atoms with Crippen molar-refractivity contribution in [3.05, 3.63) is 35.9 Å². The van der Waals surface area contributed by atoms with E-state index in [4.69, 9.17) is 9.84 Å². The van der Waals surface area contributed by atoms with Gasteiger partial charge in [0.1, 0.15) is 0 Å². The number of hydrogen-bond donors (Lipinski definition) is 2. The molecule has 1 heterocycles. The second kappa shape index (κ2) is 4.11. The van der Waals surface area contributed by atoms with E-state index in [1.807, 2.05) is 30.3 Å². The zero-order valence-electron chi connectivity index (χ0n) is 8.67. The highest BCUT2D eigenvalue weighted by Crippen LogP contribution is 2.29. The molecule has 1 unspecified atom stereocenters. The molecular weight excluding hydrogens is 210 g/mol. The largest absolute Gasteiger partial charge is 0.465 e. The van der Waals surface area contributed by atoms with Crippen molar-refractivity contribution in [3.8, 4) is 0 Å². The first-order valence-electron chi connectivity index (χ1n) is 5.03. The maximum absolute atomic E-state index is 10.7. The summed E-state index contributed by atoms with van der Waals surface area (Å²) in [7, 11) is 0. The van der Waals surface area contributed by atoms with Gasteiger partial charge in [0.15, 0.2) is 0 Å². The monoisotopic (exact) mass is 223 g/mol. The van der Waals surface area contributed by atoms with Crippen molar-refractivity contribution in [1.82, 2.24) is 4.90 Å². The Morgan fingerprint density at radius 2 is 2.12 bits per heavy atom. The summed E-state index contributed by atoms with van der Waals surface area (Å²) < 4.78 is 5.23. The number of carboxylic acid groups (broad SMARTS) is 1. The maximum atomic E-state index is 10.7. The Bertz CT molecular complexity index is 381. The Labute approximate surface area is 92.9 Å². The molecule has 86 valence electrons. The zero-order chi connectivity index (χ0) is 11.6. The summed E-state index contributed by atoms with van der Waals surface area (Å²) in [6.45, 7) is 0.502. The van der Waals surface area contributed by atoms with E-state index >= 15 is 0 Å². The van der Waals surface area contributed by atoms with Crippen LogP contribution in [-0.4, -0.2) is 33.7 Å². The number of amides is 1. The number of benzene rings is 1. The quantitative estimate of drug-likeness (QED) is 0.756. The van der Waals surface area contributed by atoms with Crippen molar-refractivity contribution in [1.29, 1.82) is 0 Å². The van der Waals surface area contributed by atoms with E-state index in [-0.39, 0.29) is 6.61 Å². The lowest BCUT2D eigenvalue weighted by atomic mass is 10.1. The van der Waals surface area contributed by atoms with E-state index in [2.05, 4.69) is 0 Å². The summed E-state index contributed by atoms with van der Waals surface area (Å²) in [5.41, 5.74) is 0.896. The van der Waals surface area contributed by atoms with E-state index in [1.165, 1.54) is 0 Å². The molecule has 0 spiro atoms. The fraction of sp³-hybridized carbons (Fsp3) is 0.364. The Morgan fingerprint density at radius 1 is 1.44 bits per heavy atom. The van der Waals surface area contributed by atoms with Crippen LogP contribution in [0.25, 0.3) is 0 Å². The van der Waals surface area contributed by atoms with Gasteiger partial charge in [-0.3, -0.25) is 4.90 Å². The lowest BCUT2D eigenvalue weighted by Crippen LogP contribution is -2.63. The van der Waals surface area contributed by atoms with Crippen LogP contribution in [0, 0.1) is 0 Å². The van der Waals surface area contributed by atoms with Crippen LogP contribution >= 0.6 is 0 Å². The van der Waals surface area contributed by atoms with Crippen LogP contribution in [0.3, 0.4) is 0 Å². The summed E-state index contributed by atoms with van der Waals surface area (Å²) in [6, 6.07) is 9.31. The molecule has 0 bridgehead atoms. The van der Waals surface area contributed by atoms with Gasteiger partial charge in [0, 0.05) is 13.0 Å². The molecule has 0 radical (unpaired) electrons. The third-order valence-electron chi connectivity index (χ3n) is 2.63. The van der Waals surface area contributed by atoms with Crippen molar-refractivity contribution >= 4 is 6.09 Å². The van der Waals surface area contributed by atoms with Gasteiger partial charge in [-0.15, -0.1) is 0 Å². The Balaban J connectivity index is 1.93. The van der Waals surface area contributed by atoms with Crippen molar-refractivity contribution in [2.24, 2.45) is 0 Å². The topological polar surface area (TPSA) is 70.0 Å². The van der Waals surface area contributed by atoms with E-state index in [0.29, 0.717) is 13.0 Å². The average molecular weight is 223 g/mol. The van der Waals surface area contributed by atoms with Gasteiger partial charge >= 0.3 is 6.09 Å². The van der Waals surface area contributed by atoms with Crippen LogP contribution in [0.15, 0.2) is 30.3 Å². The standard InChI is InChI=1S/C11H13NO4/c13-10(14)12-7-6-11(12,15)16-8-9-4-2-1-3-5-9/h1-5,15H,6-8H2,(H,13,14). The highest BCUT2D eigenvalue weighted by atomic mass is 16.7. The van der Waals surface area contributed by atoms with Gasteiger partial charge in [0.25, 0.3) is 5.91 Å². The Hall–Kier alpha value is -1.59. The van der Waals surface area contributed by atoms with Crippen LogP contribution in [0.5, 0.6) is 0 Å². The molecule has 5 nitrogen and oxygen atoms in total. The smallest absolute Gasteiger partial charge is 0.411 e. The molecular formula is C11H13NO4. The molecule has 1 amide bonds. The van der Waals surface area contributed by atoms with Gasteiger partial charge in [0.05, 0.1) is 6.61 Å². The lowest BCUT2D eigenvalue weighted by molar-refractivity contribution is -0.332. The van der Waals surface area contributed by atoms with Crippen LogP contribution in [-0.2, 0) is 11.3 Å². The zero-order valence-corrected chi connectivity index (χ0v) is 8.67. The second-order valence-electron chi connectivity index (χ2n) is 3.70. The molecule has 16 heavy (non-hydrogen) atoms. The molecule has 0 saturated carbocycles. The fourth-order valence-electron chi connectivity index (χ4n) is 1.58. The predicted molar refractivity (Wildman–Crippen MR) is 55.5 cm³/mol. The minimum atomic E-state index is -1.65. The van der Waals surface area contributed by atoms with Gasteiger partial charge in [-0.05, 0) is 5.56 Å². The van der Waals surface area contributed by atoms with Gasteiger partial charge in [-0.25, -0.2) is 4.79 Å². The summed E-state index contributed by atoms with van der Waals surface area (Å²) in [5.74, 6) is -1.65. The van der Waals surface area contributed by atoms with E-state index in [9.17, 15) is 9.90 Å². The molecule has 2 rings (SSSR count). The SMILES string of the molecule is O=C(O)N1CCC1(O)OCc1ccccc1. The van der Waals surface area contributed by atoms with Crippen molar-refractivity contribution in [3.63, 3.8) is 0 Å². The number of nitrogens with zero attached hydrogens (tertiary/aromatic N) is 1. The molecule has 1 fully saturated rings. The minimum Gasteiger partial charge on any atom is -0.465 e. The van der Waals surface area contributed by atoms with Crippen LogP contribution in [0.4, 0.5) is 4.79 Å². The molecule has 1 saturated heterocycles. The summed E-state index contributed by atoms with van der Waals surface area (Å²) >= 11 is 0. The van der Waals surface area contributed by atoms with Gasteiger partial charge in [-0.2, -0.15) is 0 Å². The molecule has 1 aliphatic heterocycles. The van der Waals surface area contributed by atoms with Gasteiger partial charge in [0.2, 0.25) is 0 Å². The van der Waals surface area contributed by atoms with E-state index in [0.717, 1.165) is 10.5 Å². The highest BCUT2D eigenvalue weighted by molar-refractivity contribution is 5.66. The number of aliphatic hydroxyl groups is 1. The molecule has 5 heteroatoms. The molecule has 0 aromatic heterocycles. The molecule has 1 aromatic carbocycles. The van der Waals surface area contributed by atoms with Crippen LogP contribution in [0.1, 0.15) is 12.0 Å². The first-order chi connectivity index (χ1) is 7.62. The molecule has 1 aromatic rings. The average Bonchev–Trinajstić information content (AvgIpc) is 2.25. The number of carbonyl (C=O) groups is 1. The summed E-state index contributed by atoms with van der Waals surface area (Å²) in [6.07, 6.45) is -0.853. The van der Waals surface area contributed by atoms with Gasteiger partial charge < -0.3 is 14.9 Å². The normalized spacial score (nSPS) is 23.9. The predicted octanol–water partition coefficient (Wildman–Crippen LogP) is 1.23. The Kier molecular flexibility index (Phi) is 2.80. The first kappa shape index (κ1) is 10.9. The van der Waals surface area contributed by atoms with Crippen molar-refractivity contribution < 1.29 is 19.7 Å². The fourth-order valence-corrected chi connectivity index (χ4v) is 1.58. The first-order valence-corrected chi connectivity index (χ1v) is 5.03. The van der Waals surface area contributed by atoms with Crippen molar-refractivity contribution in [2.75, 3.05) is 6.54 Å². The molecule has 1 aliphatic rings. The van der Waals surface area contributed by atoms with Crippen LogP contribution < -0.4 is 0 Å². The van der Waals surface area contributed by atoms with Crippen molar-refractivity contribution in [2.45, 2.75) is 18.9 Å². The second-order valence-corrected chi connectivity index (χ2v) is 3.70. The summed E-state index contributed by atoms with van der Waals surface area (Å²) in [5, 5.41) is 18.6. The third-order valence-corrected chi connectivity index (χ3v) is 2.63. The number of likely N-dealkylation sites (tertiary alicyclic amines) is 1. The third kappa shape index (κ3) is 2.00.